The Balaban J connectivity index is 2.10. The van der Waals surface area contributed by atoms with E-state index in [1.54, 1.807) is 6.07 Å². The molecule has 3 nitrogen and oxygen atoms in total. The second kappa shape index (κ2) is 6.78. The largest absolute Gasteiger partial charge is 0.349 e. The van der Waals surface area contributed by atoms with Crippen LogP contribution < -0.4 is 5.32 Å². The average Bonchev–Trinajstić information content (AvgIpc) is 2.78. The standard InChI is InChI=1S/C17H25ClN2O/c1-5-12-6-7-14(11(12)4)20-17(21)13-8-15(10(2)3)19-16(18)9-13/h8-12,14H,5-7H2,1-4H3,(H,20,21). The van der Waals surface area contributed by atoms with Crippen LogP contribution in [-0.4, -0.2) is 16.9 Å². The molecule has 3 unspecified atom stereocenters. The summed E-state index contributed by atoms with van der Waals surface area (Å²) in [6.07, 6.45) is 3.46. The van der Waals surface area contributed by atoms with Crippen molar-refractivity contribution >= 4 is 17.5 Å². The summed E-state index contributed by atoms with van der Waals surface area (Å²) in [4.78, 5) is 16.7. The quantitative estimate of drug-likeness (QED) is 0.837. The van der Waals surface area contributed by atoms with Crippen molar-refractivity contribution in [2.45, 2.75) is 58.9 Å². The minimum Gasteiger partial charge on any atom is -0.349 e. The number of amides is 1. The molecule has 0 spiro atoms. The van der Waals surface area contributed by atoms with Crippen LogP contribution in [0.1, 0.15) is 68.9 Å². The summed E-state index contributed by atoms with van der Waals surface area (Å²) in [6, 6.07) is 3.78. The van der Waals surface area contributed by atoms with Gasteiger partial charge in [-0.2, -0.15) is 0 Å². The third kappa shape index (κ3) is 3.76. The normalized spacial score (nSPS) is 25.3. The monoisotopic (exact) mass is 308 g/mol. The Morgan fingerprint density at radius 1 is 1.43 bits per heavy atom. The number of hydrogen-bond acceptors (Lipinski definition) is 2. The van der Waals surface area contributed by atoms with Crippen LogP contribution >= 0.6 is 11.6 Å². The molecule has 2 rings (SSSR count). The maximum Gasteiger partial charge on any atom is 0.251 e. The first-order chi connectivity index (χ1) is 9.92. The second-order valence-corrected chi connectivity index (χ2v) is 6.83. The van der Waals surface area contributed by atoms with E-state index in [1.807, 2.05) is 19.9 Å². The van der Waals surface area contributed by atoms with Crippen LogP contribution in [0.25, 0.3) is 0 Å². The zero-order valence-corrected chi connectivity index (χ0v) is 14.1. The Morgan fingerprint density at radius 3 is 2.71 bits per heavy atom. The maximum absolute atomic E-state index is 12.5. The number of rotatable bonds is 4. The molecule has 0 radical (unpaired) electrons. The molecule has 0 saturated heterocycles. The predicted molar refractivity (Wildman–Crippen MR) is 86.8 cm³/mol. The lowest BCUT2D eigenvalue weighted by molar-refractivity contribution is 0.0926. The Labute approximate surface area is 132 Å². The van der Waals surface area contributed by atoms with Gasteiger partial charge in [-0.25, -0.2) is 4.98 Å². The first-order valence-electron chi connectivity index (χ1n) is 7.90. The van der Waals surface area contributed by atoms with E-state index >= 15 is 0 Å². The molecule has 1 aliphatic rings. The van der Waals surface area contributed by atoms with Crippen molar-refractivity contribution in [1.29, 1.82) is 0 Å². The van der Waals surface area contributed by atoms with Crippen LogP contribution in [0.4, 0.5) is 0 Å². The van der Waals surface area contributed by atoms with Gasteiger partial charge in [-0.05, 0) is 42.7 Å². The molecule has 1 N–H and O–H groups in total. The molecule has 3 atom stereocenters. The van der Waals surface area contributed by atoms with Gasteiger partial charge in [-0.1, -0.05) is 45.7 Å². The number of nitrogens with one attached hydrogen (secondary N) is 1. The van der Waals surface area contributed by atoms with Crippen LogP contribution in [0.2, 0.25) is 5.15 Å². The lowest BCUT2D eigenvalue weighted by atomic mass is 9.93. The highest BCUT2D eigenvalue weighted by Gasteiger charge is 2.32. The van der Waals surface area contributed by atoms with E-state index in [1.165, 1.54) is 12.8 Å². The van der Waals surface area contributed by atoms with Crippen LogP contribution in [0.3, 0.4) is 0 Å². The van der Waals surface area contributed by atoms with Gasteiger partial charge in [0, 0.05) is 17.3 Å². The second-order valence-electron chi connectivity index (χ2n) is 6.44. The summed E-state index contributed by atoms with van der Waals surface area (Å²) in [5.41, 5.74) is 1.48. The fourth-order valence-electron chi connectivity index (χ4n) is 3.22. The van der Waals surface area contributed by atoms with Crippen LogP contribution in [0, 0.1) is 11.8 Å². The van der Waals surface area contributed by atoms with E-state index in [9.17, 15) is 4.79 Å². The van der Waals surface area contributed by atoms with Crippen molar-refractivity contribution in [3.8, 4) is 0 Å². The number of carbonyl (C=O) groups is 1. The molecule has 1 heterocycles. The van der Waals surface area contributed by atoms with Gasteiger partial charge in [-0.15, -0.1) is 0 Å². The van der Waals surface area contributed by atoms with Crippen LogP contribution in [0.5, 0.6) is 0 Å². The number of halogens is 1. The Bertz CT molecular complexity index is 516. The molecule has 1 saturated carbocycles. The van der Waals surface area contributed by atoms with E-state index < -0.39 is 0 Å². The molecule has 0 aliphatic heterocycles. The van der Waals surface area contributed by atoms with Gasteiger partial charge < -0.3 is 5.32 Å². The summed E-state index contributed by atoms with van der Waals surface area (Å²) >= 11 is 6.04. The fourth-order valence-corrected chi connectivity index (χ4v) is 3.44. The molecule has 1 aromatic rings. The van der Waals surface area contributed by atoms with Gasteiger partial charge >= 0.3 is 0 Å². The highest BCUT2D eigenvalue weighted by atomic mass is 35.5. The van der Waals surface area contributed by atoms with E-state index in [0.717, 1.165) is 18.0 Å². The van der Waals surface area contributed by atoms with Crippen LogP contribution in [0.15, 0.2) is 12.1 Å². The summed E-state index contributed by atoms with van der Waals surface area (Å²) in [7, 11) is 0. The minimum absolute atomic E-state index is 0.0326. The first-order valence-corrected chi connectivity index (χ1v) is 8.28. The number of nitrogens with zero attached hydrogens (tertiary/aromatic N) is 1. The molecule has 1 fully saturated rings. The lowest BCUT2D eigenvalue weighted by Gasteiger charge is -2.21. The molecular formula is C17H25ClN2O. The van der Waals surface area contributed by atoms with Crippen molar-refractivity contribution in [3.63, 3.8) is 0 Å². The molecule has 1 amide bonds. The summed E-state index contributed by atoms with van der Waals surface area (Å²) < 4.78 is 0. The van der Waals surface area contributed by atoms with Crippen molar-refractivity contribution in [1.82, 2.24) is 10.3 Å². The summed E-state index contributed by atoms with van der Waals surface area (Å²) in [5, 5.41) is 3.56. The molecule has 21 heavy (non-hydrogen) atoms. The van der Waals surface area contributed by atoms with Gasteiger partial charge in [0.05, 0.1) is 0 Å². The van der Waals surface area contributed by atoms with Crippen molar-refractivity contribution in [2.24, 2.45) is 11.8 Å². The molecule has 1 aromatic heterocycles. The molecular weight excluding hydrogens is 284 g/mol. The Kier molecular flexibility index (Phi) is 5.26. The lowest BCUT2D eigenvalue weighted by Crippen LogP contribution is -2.37. The van der Waals surface area contributed by atoms with Gasteiger partial charge in [0.25, 0.3) is 5.91 Å². The Morgan fingerprint density at radius 2 is 2.14 bits per heavy atom. The molecule has 1 aliphatic carbocycles. The van der Waals surface area contributed by atoms with Crippen molar-refractivity contribution < 1.29 is 4.79 Å². The van der Waals surface area contributed by atoms with Gasteiger partial charge in [0.1, 0.15) is 5.15 Å². The minimum atomic E-state index is -0.0326. The van der Waals surface area contributed by atoms with E-state index in [2.05, 4.69) is 24.1 Å². The third-order valence-corrected chi connectivity index (χ3v) is 4.93. The van der Waals surface area contributed by atoms with Gasteiger partial charge in [0.2, 0.25) is 0 Å². The molecule has 116 valence electrons. The van der Waals surface area contributed by atoms with Crippen molar-refractivity contribution in [2.75, 3.05) is 0 Å². The number of carbonyl (C=O) groups excluding carboxylic acids is 1. The summed E-state index contributed by atoms with van der Waals surface area (Å²) in [5.74, 6) is 1.49. The summed E-state index contributed by atoms with van der Waals surface area (Å²) in [6.45, 7) is 8.56. The predicted octanol–water partition coefficient (Wildman–Crippen LogP) is 4.41. The van der Waals surface area contributed by atoms with E-state index in [0.29, 0.717) is 16.6 Å². The van der Waals surface area contributed by atoms with Crippen molar-refractivity contribution in [3.05, 3.63) is 28.5 Å². The molecule has 0 aromatic carbocycles. The molecule has 4 heteroatoms. The van der Waals surface area contributed by atoms with E-state index in [-0.39, 0.29) is 17.9 Å². The highest BCUT2D eigenvalue weighted by Crippen LogP contribution is 2.34. The number of aromatic nitrogens is 1. The van der Waals surface area contributed by atoms with Gasteiger partial charge in [0.15, 0.2) is 0 Å². The van der Waals surface area contributed by atoms with Gasteiger partial charge in [-0.3, -0.25) is 4.79 Å². The average molecular weight is 309 g/mol. The number of hydrogen-bond donors (Lipinski definition) is 1. The zero-order chi connectivity index (χ0) is 15.6. The highest BCUT2D eigenvalue weighted by molar-refractivity contribution is 6.29. The maximum atomic E-state index is 12.5. The first kappa shape index (κ1) is 16.3. The third-order valence-electron chi connectivity index (χ3n) is 4.74. The van der Waals surface area contributed by atoms with Crippen LogP contribution in [-0.2, 0) is 0 Å². The Hall–Kier alpha value is -1.09. The SMILES string of the molecule is CCC1CCC(NC(=O)c2cc(Cl)nc(C(C)C)c2)C1C. The topological polar surface area (TPSA) is 42.0 Å². The number of pyridine rings is 1. The molecule has 0 bridgehead atoms. The zero-order valence-electron chi connectivity index (χ0n) is 13.3. The smallest absolute Gasteiger partial charge is 0.251 e. The van der Waals surface area contributed by atoms with E-state index in [4.69, 9.17) is 11.6 Å². The fraction of sp³-hybridized carbons (Fsp3) is 0.647.